The first-order valence-corrected chi connectivity index (χ1v) is 7.39. The predicted molar refractivity (Wildman–Crippen MR) is 68.9 cm³/mol. The molecular weight excluding hydrogens is 280 g/mol. The molecule has 3 aliphatic rings. The molecule has 3 fully saturated rings. The lowest BCUT2D eigenvalue weighted by Gasteiger charge is -2.18. The maximum Gasteiger partial charge on any atom is 0.307 e. The first-order chi connectivity index (χ1) is 10.0. The van der Waals surface area contributed by atoms with Crippen LogP contribution in [0.5, 0.6) is 0 Å². The van der Waals surface area contributed by atoms with Gasteiger partial charge in [0.1, 0.15) is 0 Å². The zero-order valence-corrected chi connectivity index (χ0v) is 11.6. The van der Waals surface area contributed by atoms with E-state index in [9.17, 15) is 19.8 Å². The van der Waals surface area contributed by atoms with Crippen molar-refractivity contribution in [3.8, 4) is 0 Å². The SMILES string of the molecule is O=C(O)C(CC1CO1)C(CC1OC1CCC1CO1)C(=O)O. The first kappa shape index (κ1) is 14.7. The van der Waals surface area contributed by atoms with Gasteiger partial charge in [-0.05, 0) is 25.7 Å². The van der Waals surface area contributed by atoms with Gasteiger partial charge in [-0.25, -0.2) is 0 Å². The molecule has 0 aromatic rings. The Kier molecular flexibility index (Phi) is 4.14. The summed E-state index contributed by atoms with van der Waals surface area (Å²) in [5, 5.41) is 18.6. The number of aliphatic carboxylic acids is 2. The van der Waals surface area contributed by atoms with E-state index in [0.717, 1.165) is 19.4 Å². The summed E-state index contributed by atoms with van der Waals surface area (Å²) < 4.78 is 15.6. The first-order valence-electron chi connectivity index (χ1n) is 7.39. The molecule has 0 aromatic heterocycles. The fraction of sp³-hybridized carbons (Fsp3) is 0.857. The number of hydrogen-bond donors (Lipinski definition) is 2. The monoisotopic (exact) mass is 300 g/mol. The van der Waals surface area contributed by atoms with Gasteiger partial charge < -0.3 is 24.4 Å². The van der Waals surface area contributed by atoms with Crippen molar-refractivity contribution in [1.82, 2.24) is 0 Å². The van der Waals surface area contributed by atoms with Gasteiger partial charge in [0.15, 0.2) is 0 Å². The smallest absolute Gasteiger partial charge is 0.307 e. The van der Waals surface area contributed by atoms with Crippen molar-refractivity contribution in [3.63, 3.8) is 0 Å². The van der Waals surface area contributed by atoms with Crippen molar-refractivity contribution < 1.29 is 34.0 Å². The van der Waals surface area contributed by atoms with Crippen LogP contribution in [-0.4, -0.2) is 59.8 Å². The van der Waals surface area contributed by atoms with Crippen LogP contribution in [0.25, 0.3) is 0 Å². The van der Waals surface area contributed by atoms with E-state index >= 15 is 0 Å². The van der Waals surface area contributed by atoms with Crippen LogP contribution in [0.1, 0.15) is 25.7 Å². The van der Waals surface area contributed by atoms with Gasteiger partial charge in [0.2, 0.25) is 0 Å². The van der Waals surface area contributed by atoms with E-state index in [1.807, 2.05) is 0 Å². The van der Waals surface area contributed by atoms with Crippen LogP contribution in [-0.2, 0) is 23.8 Å². The van der Waals surface area contributed by atoms with Crippen molar-refractivity contribution in [2.45, 2.75) is 50.1 Å². The minimum atomic E-state index is -1.07. The number of epoxide rings is 3. The van der Waals surface area contributed by atoms with Gasteiger partial charge in [0.25, 0.3) is 0 Å². The Morgan fingerprint density at radius 2 is 1.48 bits per heavy atom. The molecule has 0 amide bonds. The molecule has 0 spiro atoms. The zero-order chi connectivity index (χ0) is 15.0. The van der Waals surface area contributed by atoms with Gasteiger partial charge in [-0.3, -0.25) is 9.59 Å². The van der Waals surface area contributed by atoms with Crippen LogP contribution < -0.4 is 0 Å². The van der Waals surface area contributed by atoms with Crippen molar-refractivity contribution >= 4 is 11.9 Å². The summed E-state index contributed by atoms with van der Waals surface area (Å²) in [6.07, 6.45) is 2.46. The highest BCUT2D eigenvalue weighted by Gasteiger charge is 2.46. The van der Waals surface area contributed by atoms with Crippen LogP contribution in [0.2, 0.25) is 0 Å². The molecule has 6 unspecified atom stereocenters. The van der Waals surface area contributed by atoms with Gasteiger partial charge in [0, 0.05) is 0 Å². The van der Waals surface area contributed by atoms with Crippen molar-refractivity contribution in [2.24, 2.45) is 11.8 Å². The predicted octanol–water partition coefficient (Wildman–Crippen LogP) is 0.513. The average Bonchev–Trinajstić information content (AvgIpc) is 3.27. The molecule has 0 radical (unpaired) electrons. The third-order valence-electron chi connectivity index (χ3n) is 4.39. The zero-order valence-electron chi connectivity index (χ0n) is 11.6. The molecule has 0 saturated carbocycles. The molecular formula is C14H20O7. The molecule has 6 atom stereocenters. The Morgan fingerprint density at radius 3 is 2.00 bits per heavy atom. The second-order valence-electron chi connectivity index (χ2n) is 6.06. The Balaban J connectivity index is 1.50. The summed E-state index contributed by atoms with van der Waals surface area (Å²) in [4.78, 5) is 22.8. The second kappa shape index (κ2) is 5.90. The fourth-order valence-electron chi connectivity index (χ4n) is 2.84. The highest BCUT2D eigenvalue weighted by molar-refractivity contribution is 5.80. The molecule has 7 nitrogen and oxygen atoms in total. The Labute approximate surface area is 122 Å². The number of carboxylic acid groups (broad SMARTS) is 2. The number of carboxylic acids is 2. The number of carbonyl (C=O) groups is 2. The minimum Gasteiger partial charge on any atom is -0.481 e. The minimum absolute atomic E-state index is 0.0580. The average molecular weight is 300 g/mol. The molecule has 21 heavy (non-hydrogen) atoms. The number of ether oxygens (including phenoxy) is 3. The Bertz CT molecular complexity index is 416. The summed E-state index contributed by atoms with van der Waals surface area (Å²) in [5.74, 6) is -3.96. The number of rotatable bonds is 10. The summed E-state index contributed by atoms with van der Waals surface area (Å²) >= 11 is 0. The van der Waals surface area contributed by atoms with Crippen molar-refractivity contribution in [2.75, 3.05) is 13.2 Å². The van der Waals surface area contributed by atoms with Gasteiger partial charge in [-0.2, -0.15) is 0 Å². The molecule has 3 aliphatic heterocycles. The molecule has 3 saturated heterocycles. The number of hydrogen-bond acceptors (Lipinski definition) is 5. The van der Waals surface area contributed by atoms with E-state index in [1.165, 1.54) is 0 Å². The quantitative estimate of drug-likeness (QED) is 0.565. The van der Waals surface area contributed by atoms with E-state index < -0.39 is 23.8 Å². The highest BCUT2D eigenvalue weighted by atomic mass is 16.6. The maximum absolute atomic E-state index is 11.4. The third kappa shape index (κ3) is 4.15. The summed E-state index contributed by atoms with van der Waals surface area (Å²) in [5.41, 5.74) is 0. The fourth-order valence-corrected chi connectivity index (χ4v) is 2.84. The summed E-state index contributed by atoms with van der Waals surface area (Å²) in [6.45, 7) is 1.33. The van der Waals surface area contributed by atoms with Gasteiger partial charge in [-0.15, -0.1) is 0 Å². The molecule has 0 aliphatic carbocycles. The molecule has 2 N–H and O–H groups in total. The van der Waals surface area contributed by atoms with E-state index in [2.05, 4.69) is 0 Å². The van der Waals surface area contributed by atoms with Crippen molar-refractivity contribution in [1.29, 1.82) is 0 Å². The molecule has 3 heterocycles. The van der Waals surface area contributed by atoms with Crippen LogP contribution in [0.3, 0.4) is 0 Å². The van der Waals surface area contributed by atoms with Crippen LogP contribution in [0, 0.1) is 11.8 Å². The van der Waals surface area contributed by atoms with Crippen LogP contribution in [0.4, 0.5) is 0 Å². The topological polar surface area (TPSA) is 112 Å². The van der Waals surface area contributed by atoms with Crippen molar-refractivity contribution in [3.05, 3.63) is 0 Å². The van der Waals surface area contributed by atoms with E-state index in [1.54, 1.807) is 0 Å². The lowest BCUT2D eigenvalue weighted by atomic mass is 9.84. The lowest BCUT2D eigenvalue weighted by Crippen LogP contribution is -2.32. The maximum atomic E-state index is 11.4. The lowest BCUT2D eigenvalue weighted by molar-refractivity contribution is -0.154. The van der Waals surface area contributed by atoms with E-state index in [0.29, 0.717) is 12.7 Å². The normalized spacial score (nSPS) is 35.8. The van der Waals surface area contributed by atoms with Gasteiger partial charge >= 0.3 is 11.9 Å². The molecule has 0 aromatic carbocycles. The summed E-state index contributed by atoms with van der Waals surface area (Å²) in [7, 11) is 0. The van der Waals surface area contributed by atoms with E-state index in [4.69, 9.17) is 14.2 Å². The molecule has 3 rings (SSSR count). The van der Waals surface area contributed by atoms with Crippen LogP contribution in [0.15, 0.2) is 0 Å². The van der Waals surface area contributed by atoms with E-state index in [-0.39, 0.29) is 31.2 Å². The van der Waals surface area contributed by atoms with Gasteiger partial charge in [0.05, 0.1) is 49.5 Å². The van der Waals surface area contributed by atoms with Gasteiger partial charge in [-0.1, -0.05) is 0 Å². The molecule has 0 bridgehead atoms. The molecule has 118 valence electrons. The largest absolute Gasteiger partial charge is 0.481 e. The summed E-state index contributed by atoms with van der Waals surface area (Å²) in [6, 6.07) is 0. The Hall–Kier alpha value is -1.18. The standard InChI is InChI=1S/C14H20O7/c15-13(16)9(3-8-6-20-8)10(14(17)18)4-12-11(21-12)2-1-7-5-19-7/h7-12H,1-6H2,(H,15,16)(H,17,18). The molecule has 7 heteroatoms. The second-order valence-corrected chi connectivity index (χ2v) is 6.06. The third-order valence-corrected chi connectivity index (χ3v) is 4.39. The highest BCUT2D eigenvalue weighted by Crippen LogP contribution is 2.37. The van der Waals surface area contributed by atoms with Crippen LogP contribution >= 0.6 is 0 Å². The Morgan fingerprint density at radius 1 is 0.905 bits per heavy atom.